The Morgan fingerprint density at radius 2 is 1.97 bits per heavy atom. The lowest BCUT2D eigenvalue weighted by Gasteiger charge is -2.39. The van der Waals surface area contributed by atoms with Crippen molar-refractivity contribution in [2.24, 2.45) is 5.92 Å². The van der Waals surface area contributed by atoms with Gasteiger partial charge in [-0.15, -0.1) is 0 Å². The average molecular weight is 469 g/mol. The van der Waals surface area contributed by atoms with E-state index >= 15 is 0 Å². The third kappa shape index (κ3) is 6.13. The molecule has 0 spiro atoms. The van der Waals surface area contributed by atoms with Crippen molar-refractivity contribution in [1.29, 1.82) is 0 Å². The van der Waals surface area contributed by atoms with Crippen LogP contribution in [0.5, 0.6) is 0 Å². The molecule has 178 valence electrons. The summed E-state index contributed by atoms with van der Waals surface area (Å²) in [4.78, 5) is 15.7. The molecule has 2 atom stereocenters. The van der Waals surface area contributed by atoms with Gasteiger partial charge in [-0.2, -0.15) is 13.9 Å². The predicted molar refractivity (Wildman–Crippen MR) is 123 cm³/mol. The van der Waals surface area contributed by atoms with Gasteiger partial charge in [-0.1, -0.05) is 27.7 Å². The number of carboxylic acids is 1. The van der Waals surface area contributed by atoms with Crippen LogP contribution in [0, 0.1) is 5.92 Å². The molecule has 2 heterocycles. The molecule has 10 heteroatoms. The van der Waals surface area contributed by atoms with Gasteiger partial charge in [0.1, 0.15) is 0 Å². The number of rotatable bonds is 10. The van der Waals surface area contributed by atoms with Crippen molar-refractivity contribution in [1.82, 2.24) is 14.8 Å². The monoisotopic (exact) mass is 468 g/mol. The minimum atomic E-state index is -2.82. The summed E-state index contributed by atoms with van der Waals surface area (Å²) in [5, 5.41) is 12.8. The van der Waals surface area contributed by atoms with E-state index in [2.05, 4.69) is 43.9 Å². The number of pyridine rings is 1. The zero-order chi connectivity index (χ0) is 24.3. The largest absolute Gasteiger partial charge is 0.481 e. The Morgan fingerprint density at radius 1 is 1.31 bits per heavy atom. The second kappa shape index (κ2) is 10.1. The Labute approximate surface area is 189 Å². The highest BCUT2D eigenvalue weighted by molar-refractivity contribution is 6.74. The summed E-state index contributed by atoms with van der Waals surface area (Å²) >= 11 is 0. The molecule has 0 radical (unpaired) electrons. The Hall–Kier alpha value is -2.33. The summed E-state index contributed by atoms with van der Waals surface area (Å²) in [6.45, 7) is 9.52. The quantitative estimate of drug-likeness (QED) is 0.422. The average Bonchev–Trinajstić information content (AvgIpc) is 3.08. The second-order valence-corrected chi connectivity index (χ2v) is 14.4. The number of nitrogen functional groups attached to an aromatic ring is 1. The standard InChI is InChI=1S/C22H34F2N4O3Si/c1-14(20(29)30)8-7-9-18(31-32(5,6)22(2,3)4)17-12-15(10-11-26-17)19-16(25)13-27-28(19)21(23)24/h10-14,18,21H,7-9,25H2,1-6H3,(H,29,30). The zero-order valence-electron chi connectivity index (χ0n) is 19.6. The highest BCUT2D eigenvalue weighted by Crippen LogP contribution is 2.41. The summed E-state index contributed by atoms with van der Waals surface area (Å²) in [6, 6.07) is 3.33. The lowest BCUT2D eigenvalue weighted by molar-refractivity contribution is -0.141. The molecular formula is C22H34F2N4O3Si. The highest BCUT2D eigenvalue weighted by Gasteiger charge is 2.39. The van der Waals surface area contributed by atoms with Gasteiger partial charge in [-0.25, -0.2) is 4.68 Å². The van der Waals surface area contributed by atoms with Gasteiger partial charge >= 0.3 is 12.5 Å². The van der Waals surface area contributed by atoms with E-state index < -0.39 is 26.8 Å². The van der Waals surface area contributed by atoms with Gasteiger partial charge in [0.15, 0.2) is 8.32 Å². The first-order valence-corrected chi connectivity index (χ1v) is 13.6. The number of carbonyl (C=O) groups is 1. The van der Waals surface area contributed by atoms with E-state index in [9.17, 15) is 18.7 Å². The fourth-order valence-corrected chi connectivity index (χ4v) is 4.43. The lowest BCUT2D eigenvalue weighted by Crippen LogP contribution is -2.42. The van der Waals surface area contributed by atoms with Crippen LogP contribution in [0.3, 0.4) is 0 Å². The van der Waals surface area contributed by atoms with Crippen molar-refractivity contribution in [3.05, 3.63) is 30.2 Å². The number of aliphatic carboxylic acids is 1. The van der Waals surface area contributed by atoms with Crippen LogP contribution in [0.4, 0.5) is 14.5 Å². The molecule has 0 aliphatic carbocycles. The topological polar surface area (TPSA) is 103 Å². The third-order valence-corrected chi connectivity index (χ3v) is 10.6. The second-order valence-electron chi connectivity index (χ2n) is 9.68. The summed E-state index contributed by atoms with van der Waals surface area (Å²) in [6.07, 6.45) is 4.09. The number of halogens is 2. The molecule has 2 aromatic heterocycles. The van der Waals surface area contributed by atoms with Crippen LogP contribution < -0.4 is 5.73 Å². The van der Waals surface area contributed by atoms with Gasteiger partial charge in [0.25, 0.3) is 0 Å². The first kappa shape index (κ1) is 25.9. The van der Waals surface area contributed by atoms with Gasteiger partial charge in [-0.05, 0) is 49.5 Å². The van der Waals surface area contributed by atoms with E-state index in [0.29, 0.717) is 35.2 Å². The summed E-state index contributed by atoms with van der Waals surface area (Å²) in [5.74, 6) is -1.29. The highest BCUT2D eigenvalue weighted by atomic mass is 28.4. The minimum absolute atomic E-state index is 0.0457. The van der Waals surface area contributed by atoms with Gasteiger partial charge in [0.05, 0.1) is 35.3 Å². The third-order valence-electron chi connectivity index (χ3n) is 6.16. The smallest absolute Gasteiger partial charge is 0.333 e. The number of alkyl halides is 2. The van der Waals surface area contributed by atoms with Crippen LogP contribution in [0.25, 0.3) is 11.3 Å². The number of aromatic nitrogens is 3. The first-order chi connectivity index (χ1) is 14.7. The van der Waals surface area contributed by atoms with Gasteiger partial charge in [-0.3, -0.25) is 9.78 Å². The summed E-state index contributed by atoms with van der Waals surface area (Å²) in [5.41, 5.74) is 7.29. The van der Waals surface area contributed by atoms with Crippen molar-refractivity contribution in [2.75, 3.05) is 5.73 Å². The van der Waals surface area contributed by atoms with E-state index in [-0.39, 0.29) is 22.5 Å². The zero-order valence-corrected chi connectivity index (χ0v) is 20.6. The molecule has 0 fully saturated rings. The lowest BCUT2D eigenvalue weighted by atomic mass is 10.0. The van der Waals surface area contributed by atoms with Crippen LogP contribution >= 0.6 is 0 Å². The van der Waals surface area contributed by atoms with Crippen LogP contribution in [-0.2, 0) is 9.22 Å². The number of carboxylic acid groups (broad SMARTS) is 1. The van der Waals surface area contributed by atoms with E-state index in [1.54, 1.807) is 25.3 Å². The minimum Gasteiger partial charge on any atom is -0.481 e. The first-order valence-electron chi connectivity index (χ1n) is 10.7. The maximum atomic E-state index is 13.4. The van der Waals surface area contributed by atoms with Crippen molar-refractivity contribution in [3.8, 4) is 11.3 Å². The van der Waals surface area contributed by atoms with Crippen LogP contribution in [0.15, 0.2) is 24.5 Å². The molecule has 0 saturated heterocycles. The molecular weight excluding hydrogens is 434 g/mol. The number of hydrogen-bond donors (Lipinski definition) is 2. The molecule has 0 bridgehead atoms. The molecule has 0 amide bonds. The number of anilines is 1. The fourth-order valence-electron chi connectivity index (χ4n) is 3.13. The fraction of sp³-hybridized carbons (Fsp3) is 0.591. The Bertz CT molecular complexity index is 928. The molecule has 2 unspecified atom stereocenters. The molecule has 0 saturated carbocycles. The van der Waals surface area contributed by atoms with Crippen molar-refractivity contribution < 1.29 is 23.1 Å². The normalized spacial score (nSPS) is 14.5. The Morgan fingerprint density at radius 3 is 2.53 bits per heavy atom. The molecule has 3 N–H and O–H groups in total. The van der Waals surface area contributed by atoms with E-state index in [4.69, 9.17) is 10.2 Å². The van der Waals surface area contributed by atoms with E-state index in [1.165, 1.54) is 6.20 Å². The van der Waals surface area contributed by atoms with Gasteiger partial charge in [0, 0.05) is 11.8 Å². The summed E-state index contributed by atoms with van der Waals surface area (Å²) < 4.78 is 34.0. The van der Waals surface area contributed by atoms with Crippen LogP contribution in [-0.4, -0.2) is 34.2 Å². The predicted octanol–water partition coefficient (Wildman–Crippen LogP) is 5.88. The maximum Gasteiger partial charge on any atom is 0.333 e. The molecule has 0 aromatic carbocycles. The molecule has 0 aliphatic rings. The van der Waals surface area contributed by atoms with Gasteiger partial charge in [0.2, 0.25) is 0 Å². The van der Waals surface area contributed by atoms with Crippen LogP contribution in [0.1, 0.15) is 65.3 Å². The van der Waals surface area contributed by atoms with Crippen molar-refractivity contribution in [2.45, 2.75) is 77.7 Å². The van der Waals surface area contributed by atoms with E-state index in [0.717, 1.165) is 0 Å². The Kier molecular flexibility index (Phi) is 8.16. The Balaban J connectivity index is 2.40. The molecule has 2 aromatic rings. The molecule has 2 rings (SSSR count). The number of hydrogen-bond acceptors (Lipinski definition) is 5. The number of nitrogens with two attached hydrogens (primary N) is 1. The maximum absolute atomic E-state index is 13.4. The van der Waals surface area contributed by atoms with Crippen molar-refractivity contribution in [3.63, 3.8) is 0 Å². The molecule has 32 heavy (non-hydrogen) atoms. The van der Waals surface area contributed by atoms with E-state index in [1.807, 2.05) is 0 Å². The van der Waals surface area contributed by atoms with Crippen molar-refractivity contribution >= 4 is 20.0 Å². The number of nitrogens with zero attached hydrogens (tertiary/aromatic N) is 3. The molecule has 0 aliphatic heterocycles. The van der Waals surface area contributed by atoms with Crippen LogP contribution in [0.2, 0.25) is 18.1 Å². The SMILES string of the molecule is CC(CCCC(O[Si](C)(C)C(C)(C)C)c1cc(-c2c(N)cnn2C(F)F)ccn1)C(=O)O. The summed E-state index contributed by atoms with van der Waals surface area (Å²) in [7, 11) is -2.19. The van der Waals surface area contributed by atoms with Gasteiger partial charge < -0.3 is 15.3 Å². The molecule has 7 nitrogen and oxygen atoms in total.